The number of imidazole rings is 1. The zero-order valence-electron chi connectivity index (χ0n) is 14.8. The van der Waals surface area contributed by atoms with Gasteiger partial charge in [-0.2, -0.15) is 0 Å². The molecule has 0 saturated heterocycles. The first-order valence-corrected chi connectivity index (χ1v) is 8.51. The van der Waals surface area contributed by atoms with Crippen LogP contribution in [-0.2, 0) is 11.2 Å². The van der Waals surface area contributed by atoms with Crippen LogP contribution in [0.3, 0.4) is 0 Å². The Kier molecular flexibility index (Phi) is 3.72. The number of nitrogens with one attached hydrogen (secondary N) is 2. The van der Waals surface area contributed by atoms with Crippen molar-refractivity contribution in [3.8, 4) is 5.69 Å². The Labute approximate surface area is 150 Å². The SMILES string of the molecule is CNC(=O)c1ccc2c(c1)nc(C(C)C)n2-c1cnc2c(c1)CC(=O)N2. The van der Waals surface area contributed by atoms with Gasteiger partial charge in [0.15, 0.2) is 0 Å². The van der Waals surface area contributed by atoms with E-state index in [1.165, 1.54) is 0 Å². The van der Waals surface area contributed by atoms with Crippen molar-refractivity contribution in [2.75, 3.05) is 12.4 Å². The summed E-state index contributed by atoms with van der Waals surface area (Å²) >= 11 is 0. The highest BCUT2D eigenvalue weighted by atomic mass is 16.2. The van der Waals surface area contributed by atoms with Gasteiger partial charge in [-0.15, -0.1) is 0 Å². The quantitative estimate of drug-likeness (QED) is 0.760. The van der Waals surface area contributed by atoms with Crippen molar-refractivity contribution in [3.63, 3.8) is 0 Å². The number of aromatic nitrogens is 3. The monoisotopic (exact) mass is 349 g/mol. The number of hydrogen-bond donors (Lipinski definition) is 2. The first-order chi connectivity index (χ1) is 12.5. The van der Waals surface area contributed by atoms with Gasteiger partial charge in [0.05, 0.1) is 29.3 Å². The lowest BCUT2D eigenvalue weighted by Gasteiger charge is -2.12. The molecule has 0 fully saturated rings. The van der Waals surface area contributed by atoms with E-state index in [4.69, 9.17) is 4.98 Å². The van der Waals surface area contributed by atoms with Crippen molar-refractivity contribution in [1.29, 1.82) is 0 Å². The summed E-state index contributed by atoms with van der Waals surface area (Å²) in [6.07, 6.45) is 2.07. The first kappa shape index (κ1) is 16.3. The number of carbonyl (C=O) groups excluding carboxylic acids is 2. The highest BCUT2D eigenvalue weighted by molar-refractivity contribution is 5.98. The summed E-state index contributed by atoms with van der Waals surface area (Å²) in [6.45, 7) is 4.15. The van der Waals surface area contributed by atoms with E-state index < -0.39 is 0 Å². The van der Waals surface area contributed by atoms with E-state index in [1.54, 1.807) is 25.4 Å². The van der Waals surface area contributed by atoms with Crippen molar-refractivity contribution in [1.82, 2.24) is 19.9 Å². The molecule has 3 aromatic rings. The largest absolute Gasteiger partial charge is 0.355 e. The topological polar surface area (TPSA) is 88.9 Å². The average Bonchev–Trinajstić information content (AvgIpc) is 3.19. The highest BCUT2D eigenvalue weighted by Gasteiger charge is 2.22. The second-order valence-corrected chi connectivity index (χ2v) is 6.67. The first-order valence-electron chi connectivity index (χ1n) is 8.51. The number of nitrogens with zero attached hydrogens (tertiary/aromatic N) is 3. The molecule has 0 atom stereocenters. The molecular weight excluding hydrogens is 330 g/mol. The Hall–Kier alpha value is -3.22. The van der Waals surface area contributed by atoms with Gasteiger partial charge in [0.1, 0.15) is 11.6 Å². The minimum Gasteiger partial charge on any atom is -0.355 e. The third kappa shape index (κ3) is 2.52. The van der Waals surface area contributed by atoms with E-state index in [2.05, 4.69) is 29.5 Å². The Bertz CT molecular complexity index is 1050. The fourth-order valence-corrected chi connectivity index (χ4v) is 3.26. The van der Waals surface area contributed by atoms with Gasteiger partial charge in [-0.1, -0.05) is 13.8 Å². The molecule has 0 aliphatic carbocycles. The Morgan fingerprint density at radius 2 is 2.12 bits per heavy atom. The molecule has 3 heterocycles. The number of carbonyl (C=O) groups is 2. The van der Waals surface area contributed by atoms with Crippen molar-refractivity contribution < 1.29 is 9.59 Å². The van der Waals surface area contributed by atoms with Crippen LogP contribution in [0, 0.1) is 0 Å². The minimum absolute atomic E-state index is 0.0422. The van der Waals surface area contributed by atoms with E-state index in [0.29, 0.717) is 17.8 Å². The molecule has 0 bridgehead atoms. The van der Waals surface area contributed by atoms with Crippen molar-refractivity contribution in [3.05, 3.63) is 47.4 Å². The van der Waals surface area contributed by atoms with Gasteiger partial charge in [-0.25, -0.2) is 9.97 Å². The fraction of sp³-hybridized carbons (Fsp3) is 0.263. The lowest BCUT2D eigenvalue weighted by atomic mass is 10.1. The number of rotatable bonds is 3. The van der Waals surface area contributed by atoms with E-state index in [0.717, 1.165) is 28.1 Å². The van der Waals surface area contributed by atoms with Crippen molar-refractivity contribution in [2.24, 2.45) is 0 Å². The molecule has 2 N–H and O–H groups in total. The average molecular weight is 349 g/mol. The molecule has 1 aliphatic heterocycles. The second-order valence-electron chi connectivity index (χ2n) is 6.67. The van der Waals surface area contributed by atoms with Gasteiger partial charge >= 0.3 is 0 Å². The van der Waals surface area contributed by atoms with Crippen LogP contribution in [0.1, 0.15) is 41.5 Å². The van der Waals surface area contributed by atoms with Gasteiger partial charge in [0, 0.05) is 24.1 Å². The fourth-order valence-electron chi connectivity index (χ4n) is 3.26. The van der Waals surface area contributed by atoms with Gasteiger partial charge in [-0.3, -0.25) is 14.2 Å². The number of fused-ring (bicyclic) bond motifs is 2. The van der Waals surface area contributed by atoms with Crippen LogP contribution in [0.25, 0.3) is 16.7 Å². The summed E-state index contributed by atoms with van der Waals surface area (Å²) in [7, 11) is 1.61. The van der Waals surface area contributed by atoms with Crippen LogP contribution in [0.4, 0.5) is 5.82 Å². The van der Waals surface area contributed by atoms with Crippen LogP contribution < -0.4 is 10.6 Å². The number of benzene rings is 1. The molecule has 2 aromatic heterocycles. The molecule has 0 spiro atoms. The van der Waals surface area contributed by atoms with Gasteiger partial charge < -0.3 is 10.6 Å². The lowest BCUT2D eigenvalue weighted by molar-refractivity contribution is -0.115. The van der Waals surface area contributed by atoms with Crippen LogP contribution in [0.2, 0.25) is 0 Å². The third-order valence-electron chi connectivity index (χ3n) is 4.51. The van der Waals surface area contributed by atoms with Crippen LogP contribution in [-0.4, -0.2) is 33.4 Å². The molecule has 2 amide bonds. The van der Waals surface area contributed by atoms with Gasteiger partial charge in [-0.05, 0) is 24.3 Å². The molecule has 1 aromatic carbocycles. The summed E-state index contributed by atoms with van der Waals surface area (Å²) in [4.78, 5) is 32.7. The molecule has 0 unspecified atom stereocenters. The molecule has 0 saturated carbocycles. The van der Waals surface area contributed by atoms with Crippen molar-refractivity contribution in [2.45, 2.75) is 26.2 Å². The summed E-state index contributed by atoms with van der Waals surface area (Å²) in [6, 6.07) is 7.45. The molecule has 0 radical (unpaired) electrons. The van der Waals surface area contributed by atoms with Crippen LogP contribution in [0.5, 0.6) is 0 Å². The zero-order valence-corrected chi connectivity index (χ0v) is 14.8. The number of hydrogen-bond acceptors (Lipinski definition) is 4. The second kappa shape index (κ2) is 5.94. The summed E-state index contributed by atoms with van der Waals surface area (Å²) in [5, 5.41) is 5.38. The molecule has 7 heteroatoms. The van der Waals surface area contributed by atoms with E-state index in [9.17, 15) is 9.59 Å². The predicted molar refractivity (Wildman–Crippen MR) is 98.7 cm³/mol. The van der Waals surface area contributed by atoms with E-state index in [1.807, 2.05) is 16.7 Å². The maximum atomic E-state index is 11.9. The maximum Gasteiger partial charge on any atom is 0.251 e. The predicted octanol–water partition coefficient (Wildman–Crippen LogP) is 2.40. The van der Waals surface area contributed by atoms with Gasteiger partial charge in [0.2, 0.25) is 5.91 Å². The molecule has 26 heavy (non-hydrogen) atoms. The Morgan fingerprint density at radius 3 is 2.85 bits per heavy atom. The van der Waals surface area contributed by atoms with Crippen LogP contribution in [0.15, 0.2) is 30.5 Å². The molecule has 132 valence electrons. The zero-order chi connectivity index (χ0) is 18.4. The Morgan fingerprint density at radius 1 is 1.31 bits per heavy atom. The van der Waals surface area contributed by atoms with Crippen molar-refractivity contribution >= 4 is 28.7 Å². The Balaban J connectivity index is 1.91. The standard InChI is InChI=1S/C19H19N5O2/c1-10(2)18-22-14-7-11(19(26)20-3)4-5-15(14)24(18)13-6-12-8-16(25)23-17(12)21-9-13/h4-7,9-10H,8H2,1-3H3,(H,20,26)(H,21,23,25). The summed E-state index contributed by atoms with van der Waals surface area (Å²) < 4.78 is 2.05. The lowest BCUT2D eigenvalue weighted by Crippen LogP contribution is -2.17. The van der Waals surface area contributed by atoms with E-state index in [-0.39, 0.29) is 17.7 Å². The molecule has 1 aliphatic rings. The number of amides is 2. The molecule has 4 rings (SSSR count). The summed E-state index contributed by atoms with van der Waals surface area (Å²) in [5.41, 5.74) is 3.97. The number of pyridine rings is 1. The number of anilines is 1. The third-order valence-corrected chi connectivity index (χ3v) is 4.51. The molecular formula is C19H19N5O2. The van der Waals surface area contributed by atoms with Crippen LogP contribution >= 0.6 is 0 Å². The maximum absolute atomic E-state index is 11.9. The summed E-state index contributed by atoms with van der Waals surface area (Å²) in [5.74, 6) is 1.50. The minimum atomic E-state index is -0.142. The highest BCUT2D eigenvalue weighted by Crippen LogP contribution is 2.29. The normalized spacial score (nSPS) is 13.2. The molecule has 7 nitrogen and oxygen atoms in total. The van der Waals surface area contributed by atoms with Gasteiger partial charge in [0.25, 0.3) is 5.91 Å². The smallest absolute Gasteiger partial charge is 0.251 e. The van der Waals surface area contributed by atoms with E-state index >= 15 is 0 Å².